The third-order valence-electron chi connectivity index (χ3n) is 3.58. The molecule has 0 aliphatic carbocycles. The van der Waals surface area contributed by atoms with E-state index >= 15 is 0 Å². The van der Waals surface area contributed by atoms with Crippen molar-refractivity contribution in [3.05, 3.63) is 12.2 Å². The van der Waals surface area contributed by atoms with Crippen molar-refractivity contribution >= 4 is 0 Å². The SMILES string of the molecule is C=C(C)CN(CC)CC1(CC)CCNC1. The molecule has 0 aromatic carbocycles. The fraction of sp³-hybridized carbons (Fsp3) is 0.846. The van der Waals surface area contributed by atoms with Crippen molar-refractivity contribution < 1.29 is 0 Å². The number of likely N-dealkylation sites (N-methyl/N-ethyl adjacent to an activating group) is 1. The third-order valence-corrected chi connectivity index (χ3v) is 3.58. The molecule has 1 aliphatic heterocycles. The molecule has 2 heteroatoms. The molecule has 1 atom stereocenters. The van der Waals surface area contributed by atoms with Crippen LogP contribution in [0.25, 0.3) is 0 Å². The Labute approximate surface area is 94.7 Å². The molecule has 0 aromatic rings. The molecule has 1 unspecified atom stereocenters. The van der Waals surface area contributed by atoms with E-state index in [4.69, 9.17) is 0 Å². The largest absolute Gasteiger partial charge is 0.316 e. The number of hydrogen-bond acceptors (Lipinski definition) is 2. The summed E-state index contributed by atoms with van der Waals surface area (Å²) in [4.78, 5) is 2.53. The average Bonchev–Trinajstić information content (AvgIpc) is 2.65. The molecule has 1 rings (SSSR count). The Morgan fingerprint density at radius 3 is 2.60 bits per heavy atom. The van der Waals surface area contributed by atoms with Gasteiger partial charge in [0.25, 0.3) is 0 Å². The van der Waals surface area contributed by atoms with E-state index in [-0.39, 0.29) is 0 Å². The van der Waals surface area contributed by atoms with Crippen molar-refractivity contribution in [2.75, 3.05) is 32.7 Å². The smallest absolute Gasteiger partial charge is 0.0187 e. The van der Waals surface area contributed by atoms with Crippen molar-refractivity contribution in [2.24, 2.45) is 5.41 Å². The van der Waals surface area contributed by atoms with Crippen LogP contribution >= 0.6 is 0 Å². The fourth-order valence-electron chi connectivity index (χ4n) is 2.48. The van der Waals surface area contributed by atoms with E-state index in [1.165, 1.54) is 38.0 Å². The summed E-state index contributed by atoms with van der Waals surface area (Å²) in [5.74, 6) is 0. The van der Waals surface area contributed by atoms with Gasteiger partial charge in [-0.2, -0.15) is 0 Å². The van der Waals surface area contributed by atoms with Gasteiger partial charge in [-0.05, 0) is 38.3 Å². The lowest BCUT2D eigenvalue weighted by molar-refractivity contribution is 0.174. The highest BCUT2D eigenvalue weighted by atomic mass is 15.1. The van der Waals surface area contributed by atoms with Gasteiger partial charge in [0.15, 0.2) is 0 Å². The van der Waals surface area contributed by atoms with Gasteiger partial charge in [0, 0.05) is 19.6 Å². The molecule has 0 radical (unpaired) electrons. The van der Waals surface area contributed by atoms with Crippen LogP contribution in [-0.4, -0.2) is 37.6 Å². The number of rotatable bonds is 6. The molecule has 0 aromatic heterocycles. The lowest BCUT2D eigenvalue weighted by Gasteiger charge is -2.33. The second-order valence-electron chi connectivity index (χ2n) is 5.04. The normalized spacial score (nSPS) is 26.1. The highest BCUT2D eigenvalue weighted by Crippen LogP contribution is 2.30. The maximum Gasteiger partial charge on any atom is 0.0187 e. The van der Waals surface area contributed by atoms with Crippen LogP contribution in [-0.2, 0) is 0 Å². The fourth-order valence-corrected chi connectivity index (χ4v) is 2.48. The summed E-state index contributed by atoms with van der Waals surface area (Å²) >= 11 is 0. The van der Waals surface area contributed by atoms with Crippen LogP contribution < -0.4 is 5.32 Å². The van der Waals surface area contributed by atoms with Crippen molar-refractivity contribution in [1.29, 1.82) is 0 Å². The Hall–Kier alpha value is -0.340. The highest BCUT2D eigenvalue weighted by Gasteiger charge is 2.33. The monoisotopic (exact) mass is 210 g/mol. The summed E-state index contributed by atoms with van der Waals surface area (Å²) in [7, 11) is 0. The Morgan fingerprint density at radius 2 is 2.20 bits per heavy atom. The van der Waals surface area contributed by atoms with Gasteiger partial charge in [-0.15, -0.1) is 0 Å². The third kappa shape index (κ3) is 3.62. The van der Waals surface area contributed by atoms with Gasteiger partial charge in [0.05, 0.1) is 0 Å². The molecule has 0 amide bonds. The molecule has 1 saturated heterocycles. The van der Waals surface area contributed by atoms with E-state index in [9.17, 15) is 0 Å². The van der Waals surface area contributed by atoms with Crippen LogP contribution in [0.4, 0.5) is 0 Å². The molecule has 0 spiro atoms. The molecule has 1 heterocycles. The van der Waals surface area contributed by atoms with Crippen LogP contribution in [0, 0.1) is 5.41 Å². The van der Waals surface area contributed by atoms with Gasteiger partial charge in [-0.25, -0.2) is 0 Å². The zero-order chi connectivity index (χ0) is 11.3. The summed E-state index contributed by atoms with van der Waals surface area (Å²) in [6, 6.07) is 0. The Kier molecular flexibility index (Phi) is 4.81. The molecule has 15 heavy (non-hydrogen) atoms. The number of nitrogens with one attached hydrogen (secondary N) is 1. The second-order valence-corrected chi connectivity index (χ2v) is 5.04. The van der Waals surface area contributed by atoms with Crippen LogP contribution in [0.15, 0.2) is 12.2 Å². The van der Waals surface area contributed by atoms with Gasteiger partial charge in [0.2, 0.25) is 0 Å². The van der Waals surface area contributed by atoms with Gasteiger partial charge < -0.3 is 5.32 Å². The first-order valence-corrected chi connectivity index (χ1v) is 6.19. The lowest BCUT2D eigenvalue weighted by atomic mass is 9.83. The topological polar surface area (TPSA) is 15.3 Å². The van der Waals surface area contributed by atoms with E-state index < -0.39 is 0 Å². The summed E-state index contributed by atoms with van der Waals surface area (Å²) < 4.78 is 0. The van der Waals surface area contributed by atoms with Gasteiger partial charge in [-0.1, -0.05) is 26.0 Å². The Morgan fingerprint density at radius 1 is 1.47 bits per heavy atom. The molecular formula is C13H26N2. The molecule has 2 nitrogen and oxygen atoms in total. The van der Waals surface area contributed by atoms with Gasteiger partial charge >= 0.3 is 0 Å². The quantitative estimate of drug-likeness (QED) is 0.677. The molecule has 1 fully saturated rings. The molecule has 0 bridgehead atoms. The minimum Gasteiger partial charge on any atom is -0.316 e. The molecule has 0 saturated carbocycles. The van der Waals surface area contributed by atoms with Gasteiger partial charge in [0.1, 0.15) is 0 Å². The van der Waals surface area contributed by atoms with E-state index in [1.54, 1.807) is 0 Å². The molecule has 88 valence electrons. The van der Waals surface area contributed by atoms with Crippen LogP contribution in [0.5, 0.6) is 0 Å². The zero-order valence-electron chi connectivity index (χ0n) is 10.6. The zero-order valence-corrected chi connectivity index (χ0v) is 10.6. The molecule has 1 N–H and O–H groups in total. The maximum atomic E-state index is 4.01. The van der Waals surface area contributed by atoms with E-state index in [0.717, 1.165) is 13.1 Å². The minimum absolute atomic E-state index is 0.519. The van der Waals surface area contributed by atoms with Gasteiger partial charge in [-0.3, -0.25) is 4.90 Å². The van der Waals surface area contributed by atoms with Crippen molar-refractivity contribution in [1.82, 2.24) is 10.2 Å². The Bertz CT molecular complexity index is 205. The first-order chi connectivity index (χ1) is 7.12. The maximum absolute atomic E-state index is 4.01. The summed E-state index contributed by atoms with van der Waals surface area (Å²) in [6.07, 6.45) is 2.61. The second kappa shape index (κ2) is 5.66. The van der Waals surface area contributed by atoms with Crippen LogP contribution in [0.3, 0.4) is 0 Å². The number of nitrogens with zero attached hydrogens (tertiary/aromatic N) is 1. The van der Waals surface area contributed by atoms with Crippen molar-refractivity contribution in [3.63, 3.8) is 0 Å². The van der Waals surface area contributed by atoms with E-state index in [0.29, 0.717) is 5.41 Å². The minimum atomic E-state index is 0.519. The number of hydrogen-bond donors (Lipinski definition) is 1. The summed E-state index contributed by atoms with van der Waals surface area (Å²) in [5.41, 5.74) is 1.79. The molecular weight excluding hydrogens is 184 g/mol. The predicted octanol–water partition coefficient (Wildman–Crippen LogP) is 2.27. The van der Waals surface area contributed by atoms with Crippen LogP contribution in [0.1, 0.15) is 33.6 Å². The summed E-state index contributed by atoms with van der Waals surface area (Å²) in [6.45, 7) is 16.5. The van der Waals surface area contributed by atoms with E-state index in [1.807, 2.05) is 0 Å². The van der Waals surface area contributed by atoms with Crippen molar-refractivity contribution in [2.45, 2.75) is 33.6 Å². The first-order valence-electron chi connectivity index (χ1n) is 6.19. The standard InChI is InChI=1S/C13H26N2/c1-5-13(7-8-14-10-13)11-15(6-2)9-12(3)4/h14H,3,5-11H2,1-2,4H3. The predicted molar refractivity (Wildman–Crippen MR) is 67.1 cm³/mol. The lowest BCUT2D eigenvalue weighted by Crippen LogP contribution is -2.39. The van der Waals surface area contributed by atoms with Crippen LogP contribution in [0.2, 0.25) is 0 Å². The van der Waals surface area contributed by atoms with E-state index in [2.05, 4.69) is 37.6 Å². The Balaban J connectivity index is 2.51. The molecule has 1 aliphatic rings. The summed E-state index contributed by atoms with van der Waals surface area (Å²) in [5, 5.41) is 3.50. The highest BCUT2D eigenvalue weighted by molar-refractivity contribution is 4.95. The average molecular weight is 210 g/mol. The van der Waals surface area contributed by atoms with Crippen molar-refractivity contribution in [3.8, 4) is 0 Å². The first kappa shape index (κ1) is 12.7.